The smallest absolute Gasteiger partial charge is 0.138 e. The fourth-order valence-corrected chi connectivity index (χ4v) is 2.46. The lowest BCUT2D eigenvalue weighted by Crippen LogP contribution is -1.86. The zero-order chi connectivity index (χ0) is 11.8. The maximum atomic E-state index is 5.76. The van der Waals surface area contributed by atoms with E-state index in [4.69, 9.17) is 5.73 Å². The molecule has 0 fully saturated rings. The summed E-state index contributed by atoms with van der Waals surface area (Å²) in [6.45, 7) is 1.97. The quantitative estimate of drug-likeness (QED) is 0.712. The minimum atomic E-state index is 0.601. The van der Waals surface area contributed by atoms with Gasteiger partial charge >= 0.3 is 0 Å². The van der Waals surface area contributed by atoms with E-state index < -0.39 is 0 Å². The van der Waals surface area contributed by atoms with Gasteiger partial charge in [-0.25, -0.2) is 4.98 Å². The Morgan fingerprint density at radius 2 is 1.88 bits per heavy atom. The first kappa shape index (κ1) is 10.2. The lowest BCUT2D eigenvalue weighted by molar-refractivity contribution is 1.29. The van der Waals surface area contributed by atoms with Gasteiger partial charge in [-0.1, -0.05) is 0 Å². The highest BCUT2D eigenvalue weighted by molar-refractivity contribution is 7.15. The van der Waals surface area contributed by atoms with E-state index in [0.29, 0.717) is 5.82 Å². The Labute approximate surface area is 102 Å². The molecular formula is C12H10N4S. The van der Waals surface area contributed by atoms with Crippen molar-refractivity contribution in [2.45, 2.75) is 6.92 Å². The second kappa shape index (κ2) is 3.78. The van der Waals surface area contributed by atoms with E-state index in [1.54, 1.807) is 23.7 Å². The van der Waals surface area contributed by atoms with Crippen LogP contribution in [-0.2, 0) is 0 Å². The van der Waals surface area contributed by atoms with Crippen molar-refractivity contribution in [3.8, 4) is 10.6 Å². The monoisotopic (exact) mass is 242 g/mol. The van der Waals surface area contributed by atoms with Crippen molar-refractivity contribution in [3.63, 3.8) is 0 Å². The molecule has 2 aromatic heterocycles. The molecule has 0 aliphatic heterocycles. The predicted octanol–water partition coefficient (Wildman–Crippen LogP) is 2.64. The minimum Gasteiger partial charge on any atom is -0.383 e. The molecule has 84 valence electrons. The highest BCUT2D eigenvalue weighted by atomic mass is 32.1. The number of thiazole rings is 1. The van der Waals surface area contributed by atoms with E-state index >= 15 is 0 Å². The zero-order valence-corrected chi connectivity index (χ0v) is 10.0. The molecule has 0 radical (unpaired) electrons. The molecule has 3 aromatic rings. The number of nitrogens with zero attached hydrogens (tertiary/aromatic N) is 3. The molecule has 4 nitrogen and oxygen atoms in total. The lowest BCUT2D eigenvalue weighted by atomic mass is 10.2. The van der Waals surface area contributed by atoms with E-state index in [0.717, 1.165) is 26.5 Å². The van der Waals surface area contributed by atoms with Crippen LogP contribution in [0.25, 0.3) is 21.6 Å². The average molecular weight is 242 g/mol. The van der Waals surface area contributed by atoms with E-state index in [-0.39, 0.29) is 0 Å². The predicted molar refractivity (Wildman–Crippen MR) is 69.8 cm³/mol. The number of anilines is 1. The molecule has 17 heavy (non-hydrogen) atoms. The first-order valence-electron chi connectivity index (χ1n) is 5.18. The first-order chi connectivity index (χ1) is 8.24. The number of aryl methyl sites for hydroxylation is 1. The molecule has 1 aromatic carbocycles. The molecule has 3 rings (SSSR count). The normalized spacial score (nSPS) is 10.9. The van der Waals surface area contributed by atoms with Gasteiger partial charge in [0.2, 0.25) is 0 Å². The Bertz CT molecular complexity index is 670. The molecule has 0 atom stereocenters. The molecule has 0 amide bonds. The summed E-state index contributed by atoms with van der Waals surface area (Å²) < 4.78 is 0. The van der Waals surface area contributed by atoms with Crippen LogP contribution in [0.4, 0.5) is 5.82 Å². The number of nitrogen functional groups attached to an aromatic ring is 1. The largest absolute Gasteiger partial charge is 0.383 e. The van der Waals surface area contributed by atoms with Gasteiger partial charge in [0.05, 0.1) is 11.0 Å². The van der Waals surface area contributed by atoms with Crippen molar-refractivity contribution >= 4 is 28.2 Å². The average Bonchev–Trinajstić information content (AvgIpc) is 2.69. The van der Waals surface area contributed by atoms with Crippen LogP contribution in [0.3, 0.4) is 0 Å². The number of fused-ring (bicyclic) bond motifs is 1. The van der Waals surface area contributed by atoms with Gasteiger partial charge in [-0.15, -0.1) is 11.3 Å². The summed E-state index contributed by atoms with van der Waals surface area (Å²) in [5.74, 6) is 0.601. The van der Waals surface area contributed by atoms with Crippen LogP contribution in [0.2, 0.25) is 0 Å². The topological polar surface area (TPSA) is 64.7 Å². The molecule has 0 saturated carbocycles. The van der Waals surface area contributed by atoms with Gasteiger partial charge < -0.3 is 5.73 Å². The van der Waals surface area contributed by atoms with Gasteiger partial charge in [-0.3, -0.25) is 9.97 Å². The van der Waals surface area contributed by atoms with Crippen LogP contribution < -0.4 is 5.73 Å². The standard InChI is InChI=1S/C12H10N4S/c1-7-11(13)16-12(17-7)8-2-3-9-10(6-8)15-5-4-14-9/h2-6H,13H2,1H3. The highest BCUT2D eigenvalue weighted by Crippen LogP contribution is 2.29. The highest BCUT2D eigenvalue weighted by Gasteiger charge is 2.07. The summed E-state index contributed by atoms with van der Waals surface area (Å²) in [4.78, 5) is 13.9. The van der Waals surface area contributed by atoms with Gasteiger partial charge in [0.1, 0.15) is 10.8 Å². The summed E-state index contributed by atoms with van der Waals surface area (Å²) in [7, 11) is 0. The van der Waals surface area contributed by atoms with Crippen LogP contribution in [0.1, 0.15) is 4.88 Å². The summed E-state index contributed by atoms with van der Waals surface area (Å²) in [5.41, 5.74) is 8.55. The number of hydrogen-bond donors (Lipinski definition) is 1. The number of rotatable bonds is 1. The van der Waals surface area contributed by atoms with Crippen molar-refractivity contribution in [2.75, 3.05) is 5.73 Å². The van der Waals surface area contributed by atoms with Crippen LogP contribution in [0, 0.1) is 6.92 Å². The van der Waals surface area contributed by atoms with Crippen molar-refractivity contribution in [3.05, 3.63) is 35.5 Å². The van der Waals surface area contributed by atoms with Gasteiger partial charge in [-0.2, -0.15) is 0 Å². The van der Waals surface area contributed by atoms with Crippen molar-refractivity contribution in [2.24, 2.45) is 0 Å². The zero-order valence-electron chi connectivity index (χ0n) is 9.21. The summed E-state index contributed by atoms with van der Waals surface area (Å²) >= 11 is 1.59. The number of aromatic nitrogens is 3. The molecule has 0 bridgehead atoms. The fraction of sp³-hybridized carbons (Fsp3) is 0.0833. The second-order valence-corrected chi connectivity index (χ2v) is 4.92. The molecule has 2 heterocycles. The van der Waals surface area contributed by atoms with Crippen LogP contribution in [-0.4, -0.2) is 15.0 Å². The number of benzene rings is 1. The minimum absolute atomic E-state index is 0.601. The Morgan fingerprint density at radius 3 is 2.59 bits per heavy atom. The van der Waals surface area contributed by atoms with Crippen LogP contribution in [0.5, 0.6) is 0 Å². The SMILES string of the molecule is Cc1sc(-c2ccc3nccnc3c2)nc1N. The second-order valence-electron chi connectivity index (χ2n) is 3.72. The maximum Gasteiger partial charge on any atom is 0.138 e. The molecule has 0 saturated heterocycles. The molecule has 5 heteroatoms. The third-order valence-electron chi connectivity index (χ3n) is 2.55. The Balaban J connectivity index is 2.17. The van der Waals surface area contributed by atoms with E-state index in [1.807, 2.05) is 25.1 Å². The third-order valence-corrected chi connectivity index (χ3v) is 3.58. The van der Waals surface area contributed by atoms with Gasteiger partial charge in [-0.05, 0) is 25.1 Å². The van der Waals surface area contributed by atoms with E-state index in [1.165, 1.54) is 0 Å². The summed E-state index contributed by atoms with van der Waals surface area (Å²) in [5, 5.41) is 0.924. The molecule has 2 N–H and O–H groups in total. The van der Waals surface area contributed by atoms with Crippen molar-refractivity contribution in [1.82, 2.24) is 15.0 Å². The van der Waals surface area contributed by atoms with Crippen molar-refractivity contribution < 1.29 is 0 Å². The first-order valence-corrected chi connectivity index (χ1v) is 6.00. The number of hydrogen-bond acceptors (Lipinski definition) is 5. The lowest BCUT2D eigenvalue weighted by Gasteiger charge is -1.98. The molecular weight excluding hydrogens is 232 g/mol. The summed E-state index contributed by atoms with van der Waals surface area (Å²) in [6.07, 6.45) is 3.38. The molecule has 0 unspecified atom stereocenters. The Hall–Kier alpha value is -2.01. The Kier molecular flexibility index (Phi) is 2.26. The van der Waals surface area contributed by atoms with E-state index in [2.05, 4.69) is 15.0 Å². The number of nitrogens with two attached hydrogens (primary N) is 1. The fourth-order valence-electron chi connectivity index (χ4n) is 1.63. The van der Waals surface area contributed by atoms with Crippen molar-refractivity contribution in [1.29, 1.82) is 0 Å². The third kappa shape index (κ3) is 1.74. The van der Waals surface area contributed by atoms with E-state index in [9.17, 15) is 0 Å². The Morgan fingerprint density at radius 1 is 1.12 bits per heavy atom. The van der Waals surface area contributed by atoms with Gasteiger partial charge in [0.15, 0.2) is 0 Å². The van der Waals surface area contributed by atoms with Crippen LogP contribution in [0.15, 0.2) is 30.6 Å². The molecule has 0 spiro atoms. The van der Waals surface area contributed by atoms with Gasteiger partial charge in [0, 0.05) is 22.8 Å². The summed E-state index contributed by atoms with van der Waals surface area (Å²) in [6, 6.07) is 5.93. The molecule has 0 aliphatic rings. The van der Waals surface area contributed by atoms with Gasteiger partial charge in [0.25, 0.3) is 0 Å². The maximum absolute atomic E-state index is 5.76. The van der Waals surface area contributed by atoms with Crippen LogP contribution >= 0.6 is 11.3 Å². The molecule has 0 aliphatic carbocycles.